The summed E-state index contributed by atoms with van der Waals surface area (Å²) >= 11 is -0.499. The number of hydrogen-bond donors (Lipinski definition) is 0. The van der Waals surface area contributed by atoms with Crippen molar-refractivity contribution >= 4 is 0 Å². The minimum absolute atomic E-state index is 0.499. The molecule has 0 radical (unpaired) electrons. The number of allylic oxidation sites excluding steroid dienone is 4. The van der Waals surface area contributed by atoms with Crippen molar-refractivity contribution in [2.45, 2.75) is 10.6 Å². The van der Waals surface area contributed by atoms with Gasteiger partial charge in [0, 0.05) is 0 Å². The summed E-state index contributed by atoms with van der Waals surface area (Å²) in [5.41, 5.74) is 1.53. The van der Waals surface area contributed by atoms with Gasteiger partial charge < -0.3 is 0 Å². The minimum atomic E-state index is -0.499. The van der Waals surface area contributed by atoms with E-state index in [0.29, 0.717) is 0 Å². The fourth-order valence-electron chi connectivity index (χ4n) is 1.39. The normalized spacial score (nSPS) is 14.3. The van der Waals surface area contributed by atoms with Gasteiger partial charge in [-0.15, -0.1) is 0 Å². The van der Waals surface area contributed by atoms with Crippen molar-refractivity contribution in [2.24, 2.45) is 0 Å². The molecule has 0 saturated heterocycles. The molecule has 0 atom stereocenters. The Hall–Kier alpha value is -0.430. The van der Waals surface area contributed by atoms with E-state index in [9.17, 15) is 0 Å². The molecule has 0 bridgehead atoms. The SMILES string of the molecule is C1=CC[C]([Hf][CH2]c2ccccc2)=C1. The zero-order valence-electron chi connectivity index (χ0n) is 7.53. The van der Waals surface area contributed by atoms with Crippen LogP contribution < -0.4 is 0 Å². The summed E-state index contributed by atoms with van der Waals surface area (Å²) in [6.45, 7) is 0. The van der Waals surface area contributed by atoms with Crippen LogP contribution in [0.2, 0.25) is 0 Å². The van der Waals surface area contributed by atoms with Crippen LogP contribution in [0.3, 0.4) is 0 Å². The van der Waals surface area contributed by atoms with Crippen molar-refractivity contribution < 1.29 is 22.9 Å². The van der Waals surface area contributed by atoms with Crippen LogP contribution >= 0.6 is 0 Å². The standard InChI is InChI=1S/C7H7.C5H5.Hf/c1-7-5-3-2-4-6-7;1-2-4-5-3-1;/h2-6H,1H2;1-3H,4H2;. The van der Waals surface area contributed by atoms with E-state index < -0.39 is 22.9 Å². The molecule has 0 aliphatic heterocycles. The van der Waals surface area contributed by atoms with Crippen LogP contribution in [0.5, 0.6) is 0 Å². The van der Waals surface area contributed by atoms with E-state index in [-0.39, 0.29) is 0 Å². The van der Waals surface area contributed by atoms with E-state index in [1.807, 2.05) is 0 Å². The Morgan fingerprint density at radius 1 is 1.15 bits per heavy atom. The quantitative estimate of drug-likeness (QED) is 0.745. The number of hydrogen-bond acceptors (Lipinski definition) is 0. The summed E-state index contributed by atoms with van der Waals surface area (Å²) in [4.78, 5) is 0. The molecular weight excluding hydrogens is 323 g/mol. The van der Waals surface area contributed by atoms with Crippen molar-refractivity contribution in [2.75, 3.05) is 0 Å². The second-order valence-electron chi connectivity index (χ2n) is 3.16. The van der Waals surface area contributed by atoms with Gasteiger partial charge in [0.05, 0.1) is 0 Å². The molecule has 0 unspecified atom stereocenters. The second-order valence-corrected chi connectivity index (χ2v) is 8.01. The van der Waals surface area contributed by atoms with Crippen molar-refractivity contribution in [3.63, 3.8) is 0 Å². The first kappa shape index (κ1) is 9.14. The van der Waals surface area contributed by atoms with Gasteiger partial charge in [-0.25, -0.2) is 0 Å². The van der Waals surface area contributed by atoms with Crippen molar-refractivity contribution in [3.8, 4) is 0 Å². The molecule has 0 nitrogen and oxygen atoms in total. The molecule has 0 heterocycles. The van der Waals surface area contributed by atoms with Gasteiger partial charge in [0.25, 0.3) is 0 Å². The van der Waals surface area contributed by atoms with E-state index in [1.54, 1.807) is 3.33 Å². The molecule has 1 aromatic rings. The Balaban J connectivity index is 1.87. The van der Waals surface area contributed by atoms with Gasteiger partial charge in [-0.2, -0.15) is 0 Å². The monoisotopic (exact) mass is 336 g/mol. The van der Waals surface area contributed by atoms with Crippen molar-refractivity contribution in [1.29, 1.82) is 0 Å². The molecule has 0 aromatic heterocycles. The summed E-state index contributed by atoms with van der Waals surface area (Å²) in [5, 5.41) is 0. The van der Waals surface area contributed by atoms with Crippen LogP contribution in [0.25, 0.3) is 0 Å². The molecule has 13 heavy (non-hydrogen) atoms. The van der Waals surface area contributed by atoms with E-state index in [4.69, 9.17) is 0 Å². The average molecular weight is 335 g/mol. The van der Waals surface area contributed by atoms with Crippen LogP contribution in [0.4, 0.5) is 0 Å². The van der Waals surface area contributed by atoms with Gasteiger partial charge in [-0.1, -0.05) is 0 Å². The van der Waals surface area contributed by atoms with Crippen LogP contribution in [-0.4, -0.2) is 0 Å². The third-order valence-electron chi connectivity index (χ3n) is 2.13. The van der Waals surface area contributed by atoms with Crippen LogP contribution in [-0.2, 0) is 27.1 Å². The van der Waals surface area contributed by atoms with Gasteiger partial charge in [-0.3, -0.25) is 0 Å². The maximum absolute atomic E-state index is 2.33. The van der Waals surface area contributed by atoms with Gasteiger partial charge in [-0.05, 0) is 0 Å². The first-order chi connectivity index (χ1) is 6.45. The topological polar surface area (TPSA) is 0 Å². The second kappa shape index (κ2) is 4.71. The van der Waals surface area contributed by atoms with E-state index >= 15 is 0 Å². The predicted molar refractivity (Wildman–Crippen MR) is 52.0 cm³/mol. The van der Waals surface area contributed by atoms with Crippen LogP contribution in [0, 0.1) is 0 Å². The Labute approximate surface area is 90.7 Å². The van der Waals surface area contributed by atoms with E-state index in [2.05, 4.69) is 48.6 Å². The first-order valence-corrected chi connectivity index (χ1v) is 8.92. The fraction of sp³-hybridized carbons (Fsp3) is 0.167. The Bertz CT molecular complexity index is 322. The Kier molecular flexibility index (Phi) is 3.31. The van der Waals surface area contributed by atoms with Gasteiger partial charge in [0.15, 0.2) is 0 Å². The zero-order valence-corrected chi connectivity index (χ0v) is 11.1. The Morgan fingerprint density at radius 2 is 2.00 bits per heavy atom. The molecule has 0 N–H and O–H groups in total. The number of benzene rings is 1. The maximum atomic E-state index is 2.33. The third-order valence-corrected chi connectivity index (χ3v) is 7.20. The molecule has 1 aromatic carbocycles. The summed E-state index contributed by atoms with van der Waals surface area (Å²) in [7, 11) is 0. The van der Waals surface area contributed by atoms with Crippen LogP contribution in [0.15, 0.2) is 51.9 Å². The summed E-state index contributed by atoms with van der Waals surface area (Å²) in [6, 6.07) is 10.9. The fourth-order valence-corrected chi connectivity index (χ4v) is 5.50. The Morgan fingerprint density at radius 3 is 2.69 bits per heavy atom. The van der Waals surface area contributed by atoms with Crippen LogP contribution in [0.1, 0.15) is 12.0 Å². The van der Waals surface area contributed by atoms with E-state index in [0.717, 1.165) is 0 Å². The van der Waals surface area contributed by atoms with Gasteiger partial charge in [0.2, 0.25) is 0 Å². The molecule has 64 valence electrons. The molecule has 0 spiro atoms. The average Bonchev–Trinajstić information content (AvgIpc) is 2.69. The molecule has 1 heteroatoms. The number of rotatable bonds is 3. The molecule has 0 fully saturated rings. The predicted octanol–water partition coefficient (Wildman–Crippen LogP) is 3.11. The summed E-state index contributed by atoms with van der Waals surface area (Å²) in [6.07, 6.45) is 8.04. The molecule has 0 amide bonds. The molecule has 0 saturated carbocycles. The summed E-state index contributed by atoms with van der Waals surface area (Å²) in [5.74, 6) is 0. The van der Waals surface area contributed by atoms with E-state index in [1.165, 1.54) is 16.2 Å². The molecular formula is C12H12Hf. The van der Waals surface area contributed by atoms with Gasteiger partial charge >= 0.3 is 91.0 Å². The third kappa shape index (κ3) is 2.77. The molecule has 1 aliphatic carbocycles. The van der Waals surface area contributed by atoms with Gasteiger partial charge in [0.1, 0.15) is 0 Å². The first-order valence-electron chi connectivity index (χ1n) is 4.58. The summed E-state index contributed by atoms with van der Waals surface area (Å²) < 4.78 is 3.12. The van der Waals surface area contributed by atoms with Crippen molar-refractivity contribution in [3.05, 3.63) is 57.5 Å². The van der Waals surface area contributed by atoms with Crippen molar-refractivity contribution in [1.82, 2.24) is 0 Å². The zero-order chi connectivity index (χ0) is 8.93. The molecule has 1 aliphatic rings. The molecule has 2 rings (SSSR count).